The maximum Gasteiger partial charge on any atom is 0.00682 e. The van der Waals surface area contributed by atoms with Gasteiger partial charge in [-0.3, -0.25) is 0 Å². The second-order valence-corrected chi connectivity index (χ2v) is 5.87. The van der Waals surface area contributed by atoms with Crippen LogP contribution in [0, 0.1) is 0 Å². The lowest BCUT2D eigenvalue weighted by Crippen LogP contribution is -2.37. The van der Waals surface area contributed by atoms with Gasteiger partial charge in [0.25, 0.3) is 0 Å². The molecule has 1 fully saturated rings. The summed E-state index contributed by atoms with van der Waals surface area (Å²) in [6.45, 7) is 4.27. The molecule has 1 aliphatic rings. The molecule has 1 rings (SSSR count). The van der Waals surface area contributed by atoms with E-state index >= 15 is 0 Å². The van der Waals surface area contributed by atoms with Gasteiger partial charge in [0.2, 0.25) is 0 Å². The highest BCUT2D eigenvalue weighted by Gasteiger charge is 2.17. The molecule has 0 aromatic heterocycles. The van der Waals surface area contributed by atoms with Crippen molar-refractivity contribution < 1.29 is 0 Å². The van der Waals surface area contributed by atoms with Crippen LogP contribution in [0.15, 0.2) is 0 Å². The van der Waals surface area contributed by atoms with Crippen LogP contribution < -0.4 is 22.1 Å². The molecule has 1 saturated carbocycles. The largest absolute Gasteiger partial charge is 0.330 e. The molecule has 0 aromatic rings. The van der Waals surface area contributed by atoms with E-state index in [0.29, 0.717) is 6.04 Å². The van der Waals surface area contributed by atoms with E-state index in [1.807, 2.05) is 0 Å². The van der Waals surface area contributed by atoms with Gasteiger partial charge in [-0.05, 0) is 77.5 Å². The Kier molecular flexibility index (Phi) is 10.4. The minimum Gasteiger partial charge on any atom is -0.330 e. The summed E-state index contributed by atoms with van der Waals surface area (Å²) in [6, 6.07) is 1.19. The summed E-state index contributed by atoms with van der Waals surface area (Å²) in [5.74, 6) is 0. The van der Waals surface area contributed by atoms with E-state index in [0.717, 1.165) is 32.1 Å². The van der Waals surface area contributed by atoms with Crippen molar-refractivity contribution in [2.45, 2.75) is 69.9 Å². The molecule has 0 heterocycles. The van der Waals surface area contributed by atoms with E-state index in [4.69, 9.17) is 11.5 Å². The third-order valence-corrected chi connectivity index (χ3v) is 4.04. The Labute approximate surface area is 119 Å². The van der Waals surface area contributed by atoms with Gasteiger partial charge in [0, 0.05) is 12.1 Å². The fourth-order valence-electron chi connectivity index (χ4n) is 2.70. The molecule has 4 heteroatoms. The number of hydrogen-bond donors (Lipinski definition) is 4. The molecule has 4 nitrogen and oxygen atoms in total. The van der Waals surface area contributed by atoms with Crippen molar-refractivity contribution >= 4 is 0 Å². The zero-order valence-electron chi connectivity index (χ0n) is 12.5. The SMILES string of the molecule is NCCCCNCCCCCNC1CCC(N)CC1. The van der Waals surface area contributed by atoms with Gasteiger partial charge in [-0.15, -0.1) is 0 Å². The van der Waals surface area contributed by atoms with Gasteiger partial charge in [0.1, 0.15) is 0 Å². The monoisotopic (exact) mass is 270 g/mol. The molecule has 19 heavy (non-hydrogen) atoms. The van der Waals surface area contributed by atoms with Crippen LogP contribution in [-0.2, 0) is 0 Å². The van der Waals surface area contributed by atoms with Gasteiger partial charge in [-0.1, -0.05) is 6.42 Å². The first-order valence-electron chi connectivity index (χ1n) is 8.22. The van der Waals surface area contributed by atoms with Crippen molar-refractivity contribution in [2.75, 3.05) is 26.2 Å². The predicted molar refractivity (Wildman–Crippen MR) is 83.2 cm³/mol. The highest BCUT2D eigenvalue weighted by Crippen LogP contribution is 2.16. The Morgan fingerprint density at radius 1 is 0.789 bits per heavy atom. The lowest BCUT2D eigenvalue weighted by Gasteiger charge is -2.26. The Morgan fingerprint density at radius 2 is 1.42 bits per heavy atom. The molecule has 0 saturated heterocycles. The van der Waals surface area contributed by atoms with E-state index in [1.54, 1.807) is 0 Å². The Balaban J connectivity index is 1.76. The van der Waals surface area contributed by atoms with Crippen LogP contribution in [0.5, 0.6) is 0 Å². The van der Waals surface area contributed by atoms with Gasteiger partial charge in [-0.25, -0.2) is 0 Å². The zero-order chi connectivity index (χ0) is 13.8. The Hall–Kier alpha value is -0.160. The standard InChI is InChI=1S/C15H34N4/c16-10-2-5-12-18-11-3-1-4-13-19-15-8-6-14(17)7-9-15/h14-15,18-19H,1-13,16-17H2. The summed E-state index contributed by atoms with van der Waals surface area (Å²) in [6.07, 6.45) is 11.2. The Bertz CT molecular complexity index is 191. The highest BCUT2D eigenvalue weighted by atomic mass is 14.9. The van der Waals surface area contributed by atoms with Gasteiger partial charge < -0.3 is 22.1 Å². The number of rotatable bonds is 11. The molecule has 0 atom stereocenters. The maximum absolute atomic E-state index is 5.91. The van der Waals surface area contributed by atoms with Crippen molar-refractivity contribution in [3.05, 3.63) is 0 Å². The molecule has 1 aliphatic carbocycles. The predicted octanol–water partition coefficient (Wildman–Crippen LogP) is 1.34. The number of nitrogens with two attached hydrogens (primary N) is 2. The highest BCUT2D eigenvalue weighted by molar-refractivity contribution is 4.78. The molecule has 0 spiro atoms. The van der Waals surface area contributed by atoms with E-state index < -0.39 is 0 Å². The first kappa shape index (κ1) is 16.9. The third-order valence-electron chi connectivity index (χ3n) is 4.04. The van der Waals surface area contributed by atoms with Crippen LogP contribution in [0.1, 0.15) is 57.8 Å². The van der Waals surface area contributed by atoms with E-state index in [1.165, 1.54) is 57.9 Å². The first-order valence-corrected chi connectivity index (χ1v) is 8.22. The first-order chi connectivity index (χ1) is 9.33. The summed E-state index contributed by atoms with van der Waals surface area (Å²) in [5.41, 5.74) is 11.4. The average molecular weight is 270 g/mol. The third kappa shape index (κ3) is 9.38. The van der Waals surface area contributed by atoms with Gasteiger partial charge in [-0.2, -0.15) is 0 Å². The summed E-state index contributed by atoms with van der Waals surface area (Å²) < 4.78 is 0. The molecular weight excluding hydrogens is 236 g/mol. The van der Waals surface area contributed by atoms with Crippen molar-refractivity contribution in [2.24, 2.45) is 11.5 Å². The van der Waals surface area contributed by atoms with Gasteiger partial charge >= 0.3 is 0 Å². The van der Waals surface area contributed by atoms with Gasteiger partial charge in [0.05, 0.1) is 0 Å². The van der Waals surface area contributed by atoms with E-state index in [2.05, 4.69) is 10.6 Å². The summed E-state index contributed by atoms with van der Waals surface area (Å²) in [5, 5.41) is 7.15. The molecule has 6 N–H and O–H groups in total. The van der Waals surface area contributed by atoms with Crippen LogP contribution in [0.3, 0.4) is 0 Å². The summed E-state index contributed by atoms with van der Waals surface area (Å²) in [4.78, 5) is 0. The summed E-state index contributed by atoms with van der Waals surface area (Å²) in [7, 11) is 0. The minimum absolute atomic E-state index is 0.461. The zero-order valence-corrected chi connectivity index (χ0v) is 12.5. The number of hydrogen-bond acceptors (Lipinski definition) is 4. The quantitative estimate of drug-likeness (QED) is 0.427. The van der Waals surface area contributed by atoms with E-state index in [9.17, 15) is 0 Å². The molecule has 0 bridgehead atoms. The van der Waals surface area contributed by atoms with Crippen LogP contribution >= 0.6 is 0 Å². The fourth-order valence-corrected chi connectivity index (χ4v) is 2.70. The van der Waals surface area contributed by atoms with Crippen molar-refractivity contribution in [1.82, 2.24) is 10.6 Å². The average Bonchev–Trinajstić information content (AvgIpc) is 2.43. The fraction of sp³-hybridized carbons (Fsp3) is 1.00. The minimum atomic E-state index is 0.461. The topological polar surface area (TPSA) is 76.1 Å². The van der Waals surface area contributed by atoms with Crippen LogP contribution in [0.4, 0.5) is 0 Å². The molecule has 0 radical (unpaired) electrons. The second-order valence-electron chi connectivity index (χ2n) is 5.87. The van der Waals surface area contributed by atoms with Crippen molar-refractivity contribution in [3.63, 3.8) is 0 Å². The molecule has 0 unspecified atom stereocenters. The maximum atomic E-state index is 5.91. The molecular formula is C15H34N4. The van der Waals surface area contributed by atoms with Gasteiger partial charge in [0.15, 0.2) is 0 Å². The van der Waals surface area contributed by atoms with Crippen LogP contribution in [0.25, 0.3) is 0 Å². The Morgan fingerprint density at radius 3 is 2.11 bits per heavy atom. The summed E-state index contributed by atoms with van der Waals surface area (Å²) >= 11 is 0. The normalized spacial score (nSPS) is 23.7. The van der Waals surface area contributed by atoms with Crippen molar-refractivity contribution in [3.8, 4) is 0 Å². The number of nitrogens with one attached hydrogen (secondary N) is 2. The smallest absolute Gasteiger partial charge is 0.00682 e. The molecule has 114 valence electrons. The van der Waals surface area contributed by atoms with Crippen molar-refractivity contribution in [1.29, 1.82) is 0 Å². The second kappa shape index (κ2) is 11.6. The van der Waals surface area contributed by atoms with Crippen LogP contribution in [0.2, 0.25) is 0 Å². The lowest BCUT2D eigenvalue weighted by molar-refractivity contribution is 0.340. The molecule has 0 aromatic carbocycles. The molecule has 0 aliphatic heterocycles. The molecule has 0 amide bonds. The number of unbranched alkanes of at least 4 members (excludes halogenated alkanes) is 3. The van der Waals surface area contributed by atoms with E-state index in [-0.39, 0.29) is 0 Å². The lowest BCUT2D eigenvalue weighted by atomic mass is 9.92. The van der Waals surface area contributed by atoms with Crippen LogP contribution in [-0.4, -0.2) is 38.3 Å².